The molecule has 1 saturated heterocycles. The zero-order valence-electron chi connectivity index (χ0n) is 14.8. The summed E-state index contributed by atoms with van der Waals surface area (Å²) < 4.78 is 39.4. The minimum atomic E-state index is -4.46. The Morgan fingerprint density at radius 1 is 1.22 bits per heavy atom. The molecule has 0 amide bonds. The van der Waals surface area contributed by atoms with Gasteiger partial charge in [0.25, 0.3) is 0 Å². The Morgan fingerprint density at radius 2 is 2.04 bits per heavy atom. The molecule has 0 bridgehead atoms. The highest BCUT2D eigenvalue weighted by molar-refractivity contribution is 5.85. The predicted octanol–water partition coefficient (Wildman–Crippen LogP) is 3.78. The zero-order valence-corrected chi connectivity index (χ0v) is 15.6. The molecule has 2 aromatic rings. The Bertz CT molecular complexity index is 798. The monoisotopic (exact) mass is 399 g/mol. The smallest absolute Gasteiger partial charge is 0.366 e. The van der Waals surface area contributed by atoms with Gasteiger partial charge < -0.3 is 10.6 Å². The number of nitrogens with one attached hydrogen (secondary N) is 2. The number of halogens is 4. The van der Waals surface area contributed by atoms with Crippen molar-refractivity contribution >= 4 is 18.2 Å². The molecule has 2 fully saturated rings. The minimum Gasteiger partial charge on any atom is -0.366 e. The average Bonchev–Trinajstić information content (AvgIpc) is 3.09. The lowest BCUT2D eigenvalue weighted by molar-refractivity contribution is -0.137. The second-order valence-corrected chi connectivity index (χ2v) is 7.49. The SMILES string of the molecule is C[C@]12CNC[C@H]1C[C@H](Nc1ccc(-c3cnccc3C(F)(F)F)nn1)C2.Cl. The van der Waals surface area contributed by atoms with Gasteiger partial charge in [0, 0.05) is 30.5 Å². The van der Waals surface area contributed by atoms with Gasteiger partial charge in [-0.1, -0.05) is 6.92 Å². The van der Waals surface area contributed by atoms with E-state index in [0.717, 1.165) is 38.2 Å². The Balaban J connectivity index is 0.00000210. The molecule has 1 aliphatic carbocycles. The third kappa shape index (κ3) is 3.87. The summed E-state index contributed by atoms with van der Waals surface area (Å²) in [6, 6.07) is 4.51. The fourth-order valence-electron chi connectivity index (χ4n) is 4.24. The van der Waals surface area contributed by atoms with Crippen molar-refractivity contribution in [2.24, 2.45) is 11.3 Å². The predicted molar refractivity (Wildman–Crippen MR) is 98.6 cm³/mol. The second kappa shape index (κ2) is 7.24. The molecule has 3 atom stereocenters. The molecule has 0 radical (unpaired) electrons. The van der Waals surface area contributed by atoms with Crippen molar-refractivity contribution in [2.75, 3.05) is 18.4 Å². The maximum atomic E-state index is 13.1. The van der Waals surface area contributed by atoms with Crippen molar-refractivity contribution in [3.63, 3.8) is 0 Å². The van der Waals surface area contributed by atoms with Crippen LogP contribution in [0.1, 0.15) is 25.3 Å². The lowest BCUT2D eigenvalue weighted by Crippen LogP contribution is -2.25. The molecule has 27 heavy (non-hydrogen) atoms. The molecule has 0 spiro atoms. The third-order valence-corrected chi connectivity index (χ3v) is 5.61. The molecule has 3 heterocycles. The van der Waals surface area contributed by atoms with Crippen molar-refractivity contribution in [3.8, 4) is 11.3 Å². The summed E-state index contributed by atoms with van der Waals surface area (Å²) in [6.45, 7) is 4.37. The zero-order chi connectivity index (χ0) is 18.4. The first kappa shape index (κ1) is 19.8. The molecular formula is C18H21ClF3N5. The Labute approximate surface area is 161 Å². The van der Waals surface area contributed by atoms with Crippen molar-refractivity contribution in [1.82, 2.24) is 20.5 Å². The Kier molecular flexibility index (Phi) is 5.31. The normalized spacial score (nSPS) is 27.1. The molecule has 1 saturated carbocycles. The molecule has 5 nitrogen and oxygen atoms in total. The highest BCUT2D eigenvalue weighted by atomic mass is 35.5. The van der Waals surface area contributed by atoms with Crippen LogP contribution in [-0.2, 0) is 6.18 Å². The van der Waals surface area contributed by atoms with Gasteiger partial charge >= 0.3 is 6.18 Å². The number of alkyl halides is 3. The van der Waals surface area contributed by atoms with Crippen LogP contribution in [-0.4, -0.2) is 34.3 Å². The highest BCUT2D eigenvalue weighted by Gasteiger charge is 2.46. The maximum absolute atomic E-state index is 13.1. The van der Waals surface area contributed by atoms with E-state index < -0.39 is 11.7 Å². The number of nitrogens with zero attached hydrogens (tertiary/aromatic N) is 3. The second-order valence-electron chi connectivity index (χ2n) is 7.49. The van der Waals surface area contributed by atoms with Crippen LogP contribution in [0.25, 0.3) is 11.3 Å². The van der Waals surface area contributed by atoms with Gasteiger partial charge in [0.2, 0.25) is 0 Å². The van der Waals surface area contributed by atoms with Crippen LogP contribution >= 0.6 is 12.4 Å². The Hall–Kier alpha value is -1.93. The molecule has 2 aliphatic rings. The van der Waals surface area contributed by atoms with Crippen LogP contribution in [0.4, 0.5) is 19.0 Å². The van der Waals surface area contributed by atoms with Crippen molar-refractivity contribution in [1.29, 1.82) is 0 Å². The number of rotatable bonds is 3. The van der Waals surface area contributed by atoms with Crippen LogP contribution in [0.2, 0.25) is 0 Å². The van der Waals surface area contributed by atoms with Crippen molar-refractivity contribution < 1.29 is 13.2 Å². The number of anilines is 1. The standard InChI is InChI=1S/C18H20F3N5.ClH/c1-17-7-12(6-11(17)8-23-10-17)24-16-3-2-15(25-26-16)13-9-22-5-4-14(13)18(19,20)21;/h2-5,9,11-12,23H,6-8,10H2,1H3,(H,24,26);1H/t11-,12+,17+;/m1./s1. The molecule has 1 aliphatic heterocycles. The van der Waals surface area contributed by atoms with E-state index in [0.29, 0.717) is 23.2 Å². The Morgan fingerprint density at radius 3 is 2.70 bits per heavy atom. The fourth-order valence-corrected chi connectivity index (χ4v) is 4.24. The van der Waals surface area contributed by atoms with E-state index in [1.165, 1.54) is 6.20 Å². The highest BCUT2D eigenvalue weighted by Crippen LogP contribution is 2.46. The molecule has 0 aromatic carbocycles. The van der Waals surface area contributed by atoms with E-state index in [4.69, 9.17) is 0 Å². The molecule has 146 valence electrons. The summed E-state index contributed by atoms with van der Waals surface area (Å²) in [4.78, 5) is 3.79. The summed E-state index contributed by atoms with van der Waals surface area (Å²) in [5.74, 6) is 1.24. The molecular weight excluding hydrogens is 379 g/mol. The van der Waals surface area contributed by atoms with Crippen LogP contribution in [0, 0.1) is 11.3 Å². The van der Waals surface area contributed by atoms with Crippen molar-refractivity contribution in [3.05, 3.63) is 36.2 Å². The molecule has 0 unspecified atom stereocenters. The number of hydrogen-bond donors (Lipinski definition) is 2. The third-order valence-electron chi connectivity index (χ3n) is 5.61. The molecule has 4 rings (SSSR count). The van der Waals surface area contributed by atoms with E-state index >= 15 is 0 Å². The summed E-state index contributed by atoms with van der Waals surface area (Å²) >= 11 is 0. The van der Waals surface area contributed by atoms with E-state index in [1.54, 1.807) is 12.1 Å². The number of fused-ring (bicyclic) bond motifs is 1. The van der Waals surface area contributed by atoms with E-state index in [2.05, 4.69) is 32.7 Å². The average molecular weight is 400 g/mol. The fraction of sp³-hybridized carbons (Fsp3) is 0.500. The van der Waals surface area contributed by atoms with E-state index in [-0.39, 0.29) is 23.7 Å². The van der Waals surface area contributed by atoms with Gasteiger partial charge in [-0.05, 0) is 48.9 Å². The van der Waals surface area contributed by atoms with Crippen molar-refractivity contribution in [2.45, 2.75) is 32.0 Å². The van der Waals surface area contributed by atoms with Gasteiger partial charge in [-0.3, -0.25) is 4.98 Å². The summed E-state index contributed by atoms with van der Waals surface area (Å²) in [5.41, 5.74) is -0.350. The first-order chi connectivity index (χ1) is 12.4. The van der Waals surface area contributed by atoms with Gasteiger partial charge in [-0.25, -0.2) is 0 Å². The minimum absolute atomic E-state index is 0. The maximum Gasteiger partial charge on any atom is 0.417 e. The molecule has 9 heteroatoms. The lowest BCUT2D eigenvalue weighted by Gasteiger charge is -2.22. The summed E-state index contributed by atoms with van der Waals surface area (Å²) in [6.07, 6.45) is -0.0430. The van der Waals surface area contributed by atoms with Gasteiger partial charge in [0.1, 0.15) is 5.82 Å². The number of hydrogen-bond acceptors (Lipinski definition) is 5. The van der Waals surface area contributed by atoms with E-state index in [1.807, 2.05) is 0 Å². The molecule has 2 aromatic heterocycles. The largest absolute Gasteiger partial charge is 0.417 e. The van der Waals surface area contributed by atoms with Crippen LogP contribution in [0.3, 0.4) is 0 Å². The summed E-state index contributed by atoms with van der Waals surface area (Å²) in [7, 11) is 0. The topological polar surface area (TPSA) is 62.7 Å². The molecule has 2 N–H and O–H groups in total. The van der Waals surface area contributed by atoms with Crippen LogP contribution in [0.15, 0.2) is 30.6 Å². The number of aromatic nitrogens is 3. The van der Waals surface area contributed by atoms with Gasteiger partial charge in [-0.15, -0.1) is 22.6 Å². The first-order valence-corrected chi connectivity index (χ1v) is 8.68. The summed E-state index contributed by atoms with van der Waals surface area (Å²) in [5, 5.41) is 14.9. The van der Waals surface area contributed by atoms with Gasteiger partial charge in [0.15, 0.2) is 0 Å². The van der Waals surface area contributed by atoms with Gasteiger partial charge in [0.05, 0.1) is 11.3 Å². The first-order valence-electron chi connectivity index (χ1n) is 8.68. The van der Waals surface area contributed by atoms with Crippen LogP contribution in [0.5, 0.6) is 0 Å². The quantitative estimate of drug-likeness (QED) is 0.822. The number of pyridine rings is 1. The van der Waals surface area contributed by atoms with Gasteiger partial charge in [-0.2, -0.15) is 13.2 Å². The lowest BCUT2D eigenvalue weighted by atomic mass is 9.83. The van der Waals surface area contributed by atoms with Crippen LogP contribution < -0.4 is 10.6 Å². The van der Waals surface area contributed by atoms with E-state index in [9.17, 15) is 13.2 Å².